The van der Waals surface area contributed by atoms with E-state index in [2.05, 4.69) is 10.6 Å². The molecular formula is C20H24N2O4S2. The Labute approximate surface area is 172 Å². The minimum atomic E-state index is -0.378. The summed E-state index contributed by atoms with van der Waals surface area (Å²) in [5, 5.41) is 24.6. The van der Waals surface area contributed by atoms with Crippen LogP contribution in [0.3, 0.4) is 0 Å². The summed E-state index contributed by atoms with van der Waals surface area (Å²) < 4.78 is 0. The van der Waals surface area contributed by atoms with Gasteiger partial charge in [-0.2, -0.15) is 0 Å². The van der Waals surface area contributed by atoms with Crippen molar-refractivity contribution >= 4 is 33.4 Å². The third-order valence-corrected chi connectivity index (χ3v) is 6.37. The van der Waals surface area contributed by atoms with E-state index in [1.807, 2.05) is 12.1 Å². The van der Waals surface area contributed by atoms with Gasteiger partial charge in [0.05, 0.1) is 25.3 Å². The first-order valence-electron chi connectivity index (χ1n) is 8.82. The highest BCUT2D eigenvalue weighted by molar-refractivity contribution is 8.76. The Morgan fingerprint density at radius 1 is 0.714 bits per heavy atom. The molecular weight excluding hydrogens is 396 g/mol. The van der Waals surface area contributed by atoms with Crippen molar-refractivity contribution in [2.75, 3.05) is 24.7 Å². The summed E-state index contributed by atoms with van der Waals surface area (Å²) >= 11 is 0. The van der Waals surface area contributed by atoms with Gasteiger partial charge in [-0.05, 0) is 24.3 Å². The van der Waals surface area contributed by atoms with E-state index in [9.17, 15) is 19.8 Å². The van der Waals surface area contributed by atoms with Gasteiger partial charge in [-0.3, -0.25) is 9.59 Å². The van der Waals surface area contributed by atoms with E-state index >= 15 is 0 Å². The highest BCUT2D eigenvalue weighted by atomic mass is 33.1. The molecule has 8 heteroatoms. The molecule has 28 heavy (non-hydrogen) atoms. The summed E-state index contributed by atoms with van der Waals surface area (Å²) in [6.07, 6.45) is 0. The number of aliphatic hydroxyl groups is 2. The molecule has 2 aromatic rings. The van der Waals surface area contributed by atoms with Crippen LogP contribution in [0.2, 0.25) is 0 Å². The van der Waals surface area contributed by atoms with Gasteiger partial charge in [-0.15, -0.1) is 0 Å². The second-order valence-corrected chi connectivity index (χ2v) is 8.56. The molecule has 0 unspecified atom stereocenters. The van der Waals surface area contributed by atoms with Crippen LogP contribution >= 0.6 is 21.6 Å². The third-order valence-electron chi connectivity index (χ3n) is 3.80. The van der Waals surface area contributed by atoms with Crippen molar-refractivity contribution in [2.24, 2.45) is 0 Å². The van der Waals surface area contributed by atoms with Crippen molar-refractivity contribution in [3.8, 4) is 0 Å². The molecule has 0 aliphatic rings. The Hall–Kier alpha value is -2.00. The third kappa shape index (κ3) is 7.55. The number of amides is 2. The number of benzene rings is 2. The smallest absolute Gasteiger partial charge is 0.251 e. The van der Waals surface area contributed by atoms with Gasteiger partial charge in [0.2, 0.25) is 0 Å². The van der Waals surface area contributed by atoms with Crippen LogP contribution in [0.4, 0.5) is 0 Å². The highest BCUT2D eigenvalue weighted by Crippen LogP contribution is 2.23. The lowest BCUT2D eigenvalue weighted by Gasteiger charge is -2.18. The average molecular weight is 421 g/mol. The summed E-state index contributed by atoms with van der Waals surface area (Å²) in [6, 6.07) is 16.9. The molecule has 0 fully saturated rings. The van der Waals surface area contributed by atoms with Crippen molar-refractivity contribution in [1.29, 1.82) is 0 Å². The number of rotatable bonds is 11. The predicted octanol–water partition coefficient (Wildman–Crippen LogP) is 1.95. The van der Waals surface area contributed by atoms with Crippen LogP contribution in [0.1, 0.15) is 20.7 Å². The van der Waals surface area contributed by atoms with Gasteiger partial charge in [0.25, 0.3) is 11.8 Å². The van der Waals surface area contributed by atoms with E-state index in [1.54, 1.807) is 48.5 Å². The quantitative estimate of drug-likeness (QED) is 0.328. The second kappa shape index (κ2) is 12.5. The maximum atomic E-state index is 12.1. The predicted molar refractivity (Wildman–Crippen MR) is 114 cm³/mol. The van der Waals surface area contributed by atoms with Crippen molar-refractivity contribution in [2.45, 2.75) is 12.1 Å². The minimum absolute atomic E-state index is 0.166. The van der Waals surface area contributed by atoms with Crippen molar-refractivity contribution in [1.82, 2.24) is 10.6 Å². The molecule has 0 bridgehead atoms. The molecule has 4 N–H and O–H groups in total. The first-order valence-corrected chi connectivity index (χ1v) is 11.3. The van der Waals surface area contributed by atoms with Gasteiger partial charge in [0.1, 0.15) is 0 Å². The molecule has 0 aliphatic heterocycles. The molecule has 0 aromatic heterocycles. The molecule has 0 radical (unpaired) electrons. The van der Waals surface area contributed by atoms with Crippen molar-refractivity contribution in [3.63, 3.8) is 0 Å². The summed E-state index contributed by atoms with van der Waals surface area (Å²) in [5.74, 6) is 0.553. The molecule has 2 rings (SSSR count). The lowest BCUT2D eigenvalue weighted by Crippen LogP contribution is -2.40. The topological polar surface area (TPSA) is 98.7 Å². The van der Waals surface area contributed by atoms with E-state index in [0.717, 1.165) is 0 Å². The first kappa shape index (κ1) is 22.3. The van der Waals surface area contributed by atoms with Gasteiger partial charge in [0, 0.05) is 22.6 Å². The van der Waals surface area contributed by atoms with Gasteiger partial charge in [0.15, 0.2) is 0 Å². The molecule has 0 saturated carbocycles. The summed E-state index contributed by atoms with van der Waals surface area (Å²) in [6.45, 7) is -0.333. The van der Waals surface area contributed by atoms with Crippen LogP contribution in [0.25, 0.3) is 0 Å². The fraction of sp³-hybridized carbons (Fsp3) is 0.300. The summed E-state index contributed by atoms with van der Waals surface area (Å²) in [4.78, 5) is 24.3. The van der Waals surface area contributed by atoms with Crippen LogP contribution < -0.4 is 10.6 Å². The molecule has 2 amide bonds. The number of hydrogen-bond donors (Lipinski definition) is 4. The summed E-state index contributed by atoms with van der Waals surface area (Å²) in [7, 11) is 2.94. The van der Waals surface area contributed by atoms with Crippen LogP contribution in [0.15, 0.2) is 60.7 Å². The van der Waals surface area contributed by atoms with E-state index in [0.29, 0.717) is 22.6 Å². The SMILES string of the molecule is O=C(N[C@H](CO)CSSC[C@@H](CO)NC(=O)c1ccccc1)c1ccccc1. The first-order chi connectivity index (χ1) is 13.6. The Bertz CT molecular complexity index is 668. The molecule has 0 heterocycles. The van der Waals surface area contributed by atoms with Crippen LogP contribution in [0.5, 0.6) is 0 Å². The molecule has 2 aromatic carbocycles. The highest BCUT2D eigenvalue weighted by Gasteiger charge is 2.15. The largest absolute Gasteiger partial charge is 0.394 e. The standard InChI is InChI=1S/C20H24N2O4S2/c23-11-17(21-19(25)15-7-3-1-4-8-15)13-27-28-14-18(12-24)22-20(26)16-9-5-2-6-10-16/h1-10,17-18,23-24H,11-14H2,(H,21,25)(H,22,26)/t17-,18-/m1/s1. The van der Waals surface area contributed by atoms with E-state index in [4.69, 9.17) is 0 Å². The van der Waals surface area contributed by atoms with Gasteiger partial charge in [-0.1, -0.05) is 58.0 Å². The van der Waals surface area contributed by atoms with Crippen LogP contribution in [-0.2, 0) is 0 Å². The average Bonchev–Trinajstić information content (AvgIpc) is 2.75. The van der Waals surface area contributed by atoms with Gasteiger partial charge >= 0.3 is 0 Å². The monoisotopic (exact) mass is 420 g/mol. The number of carbonyl (C=O) groups excluding carboxylic acids is 2. The van der Waals surface area contributed by atoms with Crippen molar-refractivity contribution < 1.29 is 19.8 Å². The zero-order valence-corrected chi connectivity index (χ0v) is 16.9. The van der Waals surface area contributed by atoms with Gasteiger partial charge < -0.3 is 20.8 Å². The Balaban J connectivity index is 1.71. The minimum Gasteiger partial charge on any atom is -0.394 e. The number of aliphatic hydroxyl groups excluding tert-OH is 2. The van der Waals surface area contributed by atoms with Gasteiger partial charge in [-0.25, -0.2) is 0 Å². The molecule has 0 spiro atoms. The zero-order valence-electron chi connectivity index (χ0n) is 15.3. The Kier molecular flexibility index (Phi) is 9.92. The Morgan fingerprint density at radius 3 is 1.39 bits per heavy atom. The maximum absolute atomic E-state index is 12.1. The Morgan fingerprint density at radius 2 is 1.07 bits per heavy atom. The van der Waals surface area contributed by atoms with E-state index in [1.165, 1.54) is 21.6 Å². The lowest BCUT2D eigenvalue weighted by molar-refractivity contribution is 0.0916. The number of hydrogen-bond acceptors (Lipinski definition) is 6. The lowest BCUT2D eigenvalue weighted by atomic mass is 10.2. The number of nitrogens with one attached hydrogen (secondary N) is 2. The number of carbonyl (C=O) groups is 2. The van der Waals surface area contributed by atoms with E-state index < -0.39 is 0 Å². The van der Waals surface area contributed by atoms with Crippen LogP contribution in [-0.4, -0.2) is 58.8 Å². The molecule has 0 saturated heterocycles. The molecule has 6 nitrogen and oxygen atoms in total. The fourth-order valence-corrected chi connectivity index (χ4v) is 4.72. The van der Waals surface area contributed by atoms with E-state index in [-0.39, 0.29) is 37.1 Å². The molecule has 150 valence electrons. The normalized spacial score (nSPS) is 12.8. The second-order valence-electron chi connectivity index (χ2n) is 6.01. The molecule has 2 atom stereocenters. The summed E-state index contributed by atoms with van der Waals surface area (Å²) in [5.41, 5.74) is 1.09. The van der Waals surface area contributed by atoms with Crippen molar-refractivity contribution in [3.05, 3.63) is 71.8 Å². The molecule has 0 aliphatic carbocycles. The maximum Gasteiger partial charge on any atom is 0.251 e. The van der Waals surface area contributed by atoms with Crippen LogP contribution in [0, 0.1) is 0 Å². The fourth-order valence-electron chi connectivity index (χ4n) is 2.26. The zero-order chi connectivity index (χ0) is 20.2.